The number of para-hydroxylation sites is 4. The number of aromatic nitrogens is 3. The molecule has 5 heteroatoms. The van der Waals surface area contributed by atoms with Gasteiger partial charge in [0.1, 0.15) is 0 Å². The molecule has 55 heavy (non-hydrogen) atoms. The highest BCUT2D eigenvalue weighted by molar-refractivity contribution is 6.12. The van der Waals surface area contributed by atoms with Crippen LogP contribution in [0.25, 0.3) is 103 Å². The summed E-state index contributed by atoms with van der Waals surface area (Å²) in [6, 6.07) is 61.5. The number of fused-ring (bicyclic) bond motifs is 9. The number of rotatable bonds is 4. The first-order valence-electron chi connectivity index (χ1n) is 18.2. The van der Waals surface area contributed by atoms with Crippen molar-refractivity contribution < 1.29 is 0 Å². The SMILES string of the molecule is [C-]#[N+]c1cc(-c2cccc(-n3c4ccccc4c4ccc(-n5c6ccccc6c6ccccc65)cc43)c2)cc(-n2c3ccccc3c3ccc([N+]#[C-])cc32)c1. The first-order valence-corrected chi connectivity index (χ1v) is 18.2. The summed E-state index contributed by atoms with van der Waals surface area (Å²) in [7, 11) is 0. The third kappa shape index (κ3) is 4.58. The Kier molecular flexibility index (Phi) is 6.61. The number of benzene rings is 8. The van der Waals surface area contributed by atoms with Gasteiger partial charge in [-0.2, -0.15) is 0 Å². The lowest BCUT2D eigenvalue weighted by molar-refractivity contribution is 1.15. The smallest absolute Gasteiger partial charge is 0.189 e. The molecular formula is C50H29N5. The molecule has 0 saturated heterocycles. The van der Waals surface area contributed by atoms with E-state index in [9.17, 15) is 0 Å². The minimum Gasteiger partial charge on any atom is -0.312 e. The molecule has 0 unspecified atom stereocenters. The molecule has 11 aromatic rings. The summed E-state index contributed by atoms with van der Waals surface area (Å²) in [6.45, 7) is 15.8. The number of hydrogen-bond acceptors (Lipinski definition) is 0. The van der Waals surface area contributed by atoms with E-state index in [1.165, 1.54) is 32.6 Å². The van der Waals surface area contributed by atoms with Crippen molar-refractivity contribution in [3.63, 3.8) is 0 Å². The van der Waals surface area contributed by atoms with Gasteiger partial charge in [0.2, 0.25) is 0 Å². The predicted molar refractivity (Wildman–Crippen MR) is 227 cm³/mol. The van der Waals surface area contributed by atoms with E-state index in [-0.39, 0.29) is 0 Å². The Balaban J connectivity index is 1.12. The monoisotopic (exact) mass is 699 g/mol. The quantitative estimate of drug-likeness (QED) is 0.163. The lowest BCUT2D eigenvalue weighted by Crippen LogP contribution is -1.97. The van der Waals surface area contributed by atoms with Crippen molar-refractivity contribution in [1.82, 2.24) is 13.7 Å². The van der Waals surface area contributed by atoms with E-state index in [1.807, 2.05) is 42.5 Å². The molecular weight excluding hydrogens is 671 g/mol. The maximum absolute atomic E-state index is 8.10. The Labute approximate surface area is 316 Å². The topological polar surface area (TPSA) is 23.5 Å². The van der Waals surface area contributed by atoms with E-state index < -0.39 is 0 Å². The fourth-order valence-corrected chi connectivity index (χ4v) is 8.66. The van der Waals surface area contributed by atoms with Gasteiger partial charge < -0.3 is 13.7 Å². The number of nitrogens with zero attached hydrogens (tertiary/aromatic N) is 5. The van der Waals surface area contributed by atoms with Crippen LogP contribution in [-0.2, 0) is 0 Å². The third-order valence-electron chi connectivity index (χ3n) is 11.0. The second kappa shape index (κ2) is 11.8. The van der Waals surface area contributed by atoms with Crippen molar-refractivity contribution in [3.8, 4) is 28.2 Å². The molecule has 3 heterocycles. The Morgan fingerprint density at radius 1 is 0.291 bits per heavy atom. The minimum atomic E-state index is 0.554. The Morgan fingerprint density at radius 3 is 1.33 bits per heavy atom. The molecule has 3 aromatic heterocycles. The summed E-state index contributed by atoms with van der Waals surface area (Å²) in [5, 5.41) is 7.04. The molecule has 0 spiro atoms. The molecule has 5 nitrogen and oxygen atoms in total. The minimum absolute atomic E-state index is 0.554. The second-order valence-corrected chi connectivity index (χ2v) is 14.0. The normalized spacial score (nSPS) is 11.6. The van der Waals surface area contributed by atoms with E-state index >= 15 is 0 Å². The van der Waals surface area contributed by atoms with Crippen LogP contribution in [0.3, 0.4) is 0 Å². The van der Waals surface area contributed by atoms with Crippen LogP contribution in [0.2, 0.25) is 0 Å². The summed E-state index contributed by atoms with van der Waals surface area (Å²) in [5.41, 5.74) is 12.7. The van der Waals surface area contributed by atoms with E-state index in [0.717, 1.165) is 61.0 Å². The molecule has 254 valence electrons. The zero-order chi connectivity index (χ0) is 36.6. The molecule has 0 bridgehead atoms. The first-order chi connectivity index (χ1) is 27.2. The molecule has 0 atom stereocenters. The molecule has 0 saturated carbocycles. The van der Waals surface area contributed by atoms with E-state index in [0.29, 0.717) is 11.4 Å². The highest BCUT2D eigenvalue weighted by atomic mass is 15.0. The molecule has 0 N–H and O–H groups in total. The lowest BCUT2D eigenvalue weighted by Gasteiger charge is -2.14. The largest absolute Gasteiger partial charge is 0.312 e. The van der Waals surface area contributed by atoms with Crippen molar-refractivity contribution in [2.24, 2.45) is 0 Å². The third-order valence-corrected chi connectivity index (χ3v) is 11.0. The van der Waals surface area contributed by atoms with Gasteiger partial charge >= 0.3 is 0 Å². The van der Waals surface area contributed by atoms with Gasteiger partial charge in [0.25, 0.3) is 0 Å². The summed E-state index contributed by atoms with van der Waals surface area (Å²) < 4.78 is 6.92. The van der Waals surface area contributed by atoms with Crippen LogP contribution in [0, 0.1) is 13.1 Å². The average molecular weight is 700 g/mol. The number of hydrogen-bond donors (Lipinski definition) is 0. The molecule has 0 aliphatic rings. The van der Waals surface area contributed by atoms with Crippen LogP contribution in [-0.4, -0.2) is 13.7 Å². The molecule has 0 aliphatic carbocycles. The summed E-state index contributed by atoms with van der Waals surface area (Å²) in [5.74, 6) is 0. The van der Waals surface area contributed by atoms with E-state index in [1.54, 1.807) is 0 Å². The fourth-order valence-electron chi connectivity index (χ4n) is 8.66. The van der Waals surface area contributed by atoms with Crippen LogP contribution in [0.15, 0.2) is 176 Å². The molecule has 0 fully saturated rings. The maximum atomic E-state index is 8.10. The molecule has 11 rings (SSSR count). The van der Waals surface area contributed by atoms with Crippen LogP contribution in [0.1, 0.15) is 0 Å². The molecule has 8 aromatic carbocycles. The molecule has 0 aliphatic heterocycles. The summed E-state index contributed by atoms with van der Waals surface area (Å²) >= 11 is 0. The zero-order valence-electron chi connectivity index (χ0n) is 29.5. The van der Waals surface area contributed by atoms with Gasteiger partial charge in [0.05, 0.1) is 40.7 Å². The Morgan fingerprint density at radius 2 is 0.745 bits per heavy atom. The van der Waals surface area contributed by atoms with E-state index in [4.69, 9.17) is 13.1 Å². The van der Waals surface area contributed by atoms with Crippen molar-refractivity contribution in [1.29, 1.82) is 0 Å². The summed E-state index contributed by atoms with van der Waals surface area (Å²) in [6.07, 6.45) is 0. The average Bonchev–Trinajstić information content (AvgIpc) is 3.88. The van der Waals surface area contributed by atoms with Crippen LogP contribution < -0.4 is 0 Å². The van der Waals surface area contributed by atoms with Crippen LogP contribution in [0.4, 0.5) is 11.4 Å². The van der Waals surface area contributed by atoms with Gasteiger partial charge in [-0.25, -0.2) is 9.69 Å². The standard InChI is InChI=1S/C50H29N5/c1-51-34-22-24-43-41-16-6-10-21-48(41)55(49(43)30-34)38-28-33(26-35(29-38)52-2)32-12-11-13-36(27-32)54-47-20-9-5-17-42(47)44-25-23-37(31-50(44)54)53-45-18-7-3-14-39(45)40-15-4-8-19-46(40)53/h3-31H. The second-order valence-electron chi connectivity index (χ2n) is 14.0. The van der Waals surface area contributed by atoms with Crippen molar-refractivity contribution in [2.45, 2.75) is 0 Å². The summed E-state index contributed by atoms with van der Waals surface area (Å²) in [4.78, 5) is 7.67. The maximum Gasteiger partial charge on any atom is 0.189 e. The van der Waals surface area contributed by atoms with Crippen molar-refractivity contribution >= 4 is 76.8 Å². The molecule has 0 radical (unpaired) electrons. The van der Waals surface area contributed by atoms with Gasteiger partial charge in [-0.05, 0) is 83.9 Å². The van der Waals surface area contributed by atoms with Gasteiger partial charge in [0.15, 0.2) is 11.4 Å². The van der Waals surface area contributed by atoms with Crippen LogP contribution >= 0.6 is 0 Å². The zero-order valence-corrected chi connectivity index (χ0v) is 29.5. The van der Waals surface area contributed by atoms with Crippen molar-refractivity contribution in [3.05, 3.63) is 199 Å². The van der Waals surface area contributed by atoms with Crippen LogP contribution in [0.5, 0.6) is 0 Å². The van der Waals surface area contributed by atoms with E-state index in [2.05, 4.69) is 157 Å². The highest BCUT2D eigenvalue weighted by Crippen LogP contribution is 2.40. The predicted octanol–water partition coefficient (Wildman–Crippen LogP) is 13.7. The Bertz CT molecular complexity index is 3420. The Hall–Kier alpha value is -7.86. The van der Waals surface area contributed by atoms with Gasteiger partial charge in [0, 0.05) is 54.9 Å². The first kappa shape index (κ1) is 30.7. The molecule has 0 amide bonds. The lowest BCUT2D eigenvalue weighted by atomic mass is 10.0. The highest BCUT2D eigenvalue weighted by Gasteiger charge is 2.18. The van der Waals surface area contributed by atoms with Gasteiger partial charge in [-0.3, -0.25) is 0 Å². The van der Waals surface area contributed by atoms with Gasteiger partial charge in [-0.15, -0.1) is 0 Å². The fraction of sp³-hybridized carbons (Fsp3) is 0. The van der Waals surface area contributed by atoms with Gasteiger partial charge in [-0.1, -0.05) is 103 Å². The van der Waals surface area contributed by atoms with Crippen molar-refractivity contribution in [2.75, 3.05) is 0 Å².